The van der Waals surface area contributed by atoms with Gasteiger partial charge in [0.25, 0.3) is 5.91 Å². The lowest BCUT2D eigenvalue weighted by Gasteiger charge is -2.35. The predicted molar refractivity (Wildman–Crippen MR) is 161 cm³/mol. The molecule has 3 aromatic carbocycles. The Morgan fingerprint density at radius 2 is 1.67 bits per heavy atom. The quantitative estimate of drug-likeness (QED) is 0.228. The van der Waals surface area contributed by atoms with Gasteiger partial charge < -0.3 is 19.7 Å². The maximum Gasteiger partial charge on any atom is 0.414 e. The Bertz CT molecular complexity index is 1440. The molecule has 2 amide bonds. The predicted octanol–water partition coefficient (Wildman–Crippen LogP) is 3.88. The molecular formula is C32H37N5O5. The molecule has 5 rings (SSSR count). The number of benzene rings is 3. The van der Waals surface area contributed by atoms with Gasteiger partial charge in [-0.15, -0.1) is 0 Å². The molecule has 0 spiro atoms. The Kier molecular flexibility index (Phi) is 9.14. The Labute approximate surface area is 245 Å². The zero-order chi connectivity index (χ0) is 29.6. The van der Waals surface area contributed by atoms with E-state index in [1.807, 2.05) is 50.2 Å². The number of hydrogen-bond donors (Lipinski definition) is 2. The van der Waals surface area contributed by atoms with E-state index >= 15 is 0 Å². The Hall–Kier alpha value is -4.28. The van der Waals surface area contributed by atoms with Crippen molar-refractivity contribution in [3.63, 3.8) is 0 Å². The lowest BCUT2D eigenvalue weighted by molar-refractivity contribution is -0.147. The molecule has 0 aliphatic carbocycles. The zero-order valence-electron chi connectivity index (χ0n) is 24.0. The number of nitrogens with zero attached hydrogens (tertiary/aromatic N) is 3. The van der Waals surface area contributed by atoms with Crippen LogP contribution in [0.5, 0.6) is 0 Å². The Morgan fingerprint density at radius 3 is 2.40 bits per heavy atom. The van der Waals surface area contributed by atoms with E-state index in [2.05, 4.69) is 15.1 Å². The third-order valence-electron chi connectivity index (χ3n) is 7.54. The van der Waals surface area contributed by atoms with Crippen LogP contribution in [-0.2, 0) is 14.3 Å². The monoisotopic (exact) mass is 571 g/mol. The molecule has 10 heteroatoms. The summed E-state index contributed by atoms with van der Waals surface area (Å²) >= 11 is 0. The minimum absolute atomic E-state index is 0.0164. The molecule has 10 nitrogen and oxygen atoms in total. The van der Waals surface area contributed by atoms with Crippen LogP contribution in [-0.4, -0.2) is 91.6 Å². The van der Waals surface area contributed by atoms with Crippen molar-refractivity contribution in [1.29, 1.82) is 5.41 Å². The molecule has 0 saturated carbocycles. The van der Waals surface area contributed by atoms with Crippen molar-refractivity contribution in [1.82, 2.24) is 15.1 Å². The fraction of sp³-hybridized carbons (Fsp3) is 0.375. The molecule has 2 aliphatic heterocycles. The molecule has 2 fully saturated rings. The van der Waals surface area contributed by atoms with Crippen LogP contribution in [0.2, 0.25) is 0 Å². The molecule has 0 radical (unpaired) electrons. The van der Waals surface area contributed by atoms with E-state index in [1.54, 1.807) is 35.2 Å². The van der Waals surface area contributed by atoms with Gasteiger partial charge in [0, 0.05) is 56.1 Å². The lowest BCUT2D eigenvalue weighted by Crippen LogP contribution is -2.49. The van der Waals surface area contributed by atoms with Crippen molar-refractivity contribution in [3.8, 4) is 0 Å². The van der Waals surface area contributed by atoms with Gasteiger partial charge in [-0.05, 0) is 55.0 Å². The van der Waals surface area contributed by atoms with Gasteiger partial charge in [0.05, 0.1) is 19.1 Å². The summed E-state index contributed by atoms with van der Waals surface area (Å²) in [5, 5.41) is 12.9. The highest BCUT2D eigenvalue weighted by Gasteiger charge is 2.34. The molecular weight excluding hydrogens is 534 g/mol. The standard InChI is InChI=1S/C32H37N5O5/c1-22(2)41-29(38)14-15-35-16-18-36(19-17-35)20-26-21-37(32(40)42-26)25-12-10-24(11-13-25)30(33)34-31(39)28-9-5-7-23-6-3-4-8-27(23)28/h3-13,22,26H,14-21H2,1-2H3,(H2,33,34,39). The largest absolute Gasteiger partial charge is 0.463 e. The first-order chi connectivity index (χ1) is 20.3. The van der Waals surface area contributed by atoms with Gasteiger partial charge in [-0.2, -0.15) is 0 Å². The minimum atomic E-state index is -0.394. The summed E-state index contributed by atoms with van der Waals surface area (Å²) in [6, 6.07) is 20.1. The summed E-state index contributed by atoms with van der Waals surface area (Å²) in [6.07, 6.45) is -0.344. The molecule has 42 heavy (non-hydrogen) atoms. The Morgan fingerprint density at radius 1 is 0.976 bits per heavy atom. The summed E-state index contributed by atoms with van der Waals surface area (Å²) in [7, 11) is 0. The molecule has 220 valence electrons. The van der Waals surface area contributed by atoms with E-state index in [9.17, 15) is 14.4 Å². The maximum atomic E-state index is 12.9. The van der Waals surface area contributed by atoms with E-state index in [-0.39, 0.29) is 29.9 Å². The number of fused-ring (bicyclic) bond motifs is 1. The molecule has 1 atom stereocenters. The van der Waals surface area contributed by atoms with Crippen molar-refractivity contribution in [2.24, 2.45) is 0 Å². The lowest BCUT2D eigenvalue weighted by atomic mass is 10.0. The number of esters is 1. The van der Waals surface area contributed by atoms with Crippen LogP contribution in [0.4, 0.5) is 10.5 Å². The van der Waals surface area contributed by atoms with Crippen molar-refractivity contribution in [3.05, 3.63) is 77.9 Å². The van der Waals surface area contributed by atoms with Crippen LogP contribution in [0.3, 0.4) is 0 Å². The molecule has 2 N–H and O–H groups in total. The second kappa shape index (κ2) is 13.1. The molecule has 0 aromatic heterocycles. The maximum absolute atomic E-state index is 12.9. The summed E-state index contributed by atoms with van der Waals surface area (Å²) in [6.45, 7) is 8.86. The number of amidine groups is 1. The van der Waals surface area contributed by atoms with E-state index in [0.717, 1.165) is 37.0 Å². The van der Waals surface area contributed by atoms with Crippen LogP contribution < -0.4 is 10.2 Å². The zero-order valence-corrected chi connectivity index (χ0v) is 24.0. The topological polar surface area (TPSA) is 115 Å². The minimum Gasteiger partial charge on any atom is -0.463 e. The molecule has 2 saturated heterocycles. The summed E-state index contributed by atoms with van der Waals surface area (Å²) in [5.74, 6) is -0.528. The van der Waals surface area contributed by atoms with Crippen molar-refractivity contribution in [2.75, 3.05) is 50.7 Å². The number of rotatable bonds is 9. The first-order valence-corrected chi connectivity index (χ1v) is 14.4. The van der Waals surface area contributed by atoms with Gasteiger partial charge >= 0.3 is 12.1 Å². The van der Waals surface area contributed by atoms with Gasteiger partial charge in [0.2, 0.25) is 0 Å². The molecule has 2 aliphatic rings. The fourth-order valence-electron chi connectivity index (χ4n) is 5.37. The van der Waals surface area contributed by atoms with Crippen LogP contribution in [0, 0.1) is 5.41 Å². The fourth-order valence-corrected chi connectivity index (χ4v) is 5.37. The normalized spacial score (nSPS) is 17.8. The number of carbonyl (C=O) groups excluding carboxylic acids is 3. The van der Waals surface area contributed by atoms with Gasteiger partial charge in [0.15, 0.2) is 0 Å². The smallest absolute Gasteiger partial charge is 0.414 e. The number of amides is 2. The summed E-state index contributed by atoms with van der Waals surface area (Å²) < 4.78 is 10.9. The van der Waals surface area contributed by atoms with Gasteiger partial charge in [-0.1, -0.05) is 36.4 Å². The van der Waals surface area contributed by atoms with Gasteiger partial charge in [-0.25, -0.2) is 4.79 Å². The first kappa shape index (κ1) is 29.2. The first-order valence-electron chi connectivity index (χ1n) is 14.4. The van der Waals surface area contributed by atoms with Crippen molar-refractivity contribution >= 4 is 40.3 Å². The molecule has 1 unspecified atom stereocenters. The number of piperazine rings is 1. The molecule has 0 bridgehead atoms. The average molecular weight is 572 g/mol. The molecule has 3 aromatic rings. The Balaban J connectivity index is 1.10. The van der Waals surface area contributed by atoms with E-state index in [1.165, 1.54) is 0 Å². The number of anilines is 1. The van der Waals surface area contributed by atoms with E-state index in [4.69, 9.17) is 14.9 Å². The van der Waals surface area contributed by atoms with Crippen molar-refractivity contribution in [2.45, 2.75) is 32.5 Å². The van der Waals surface area contributed by atoms with Crippen LogP contribution in [0.1, 0.15) is 36.2 Å². The third kappa shape index (κ3) is 7.13. The molecule has 2 heterocycles. The van der Waals surface area contributed by atoms with Gasteiger partial charge in [-0.3, -0.25) is 24.8 Å². The van der Waals surface area contributed by atoms with Crippen molar-refractivity contribution < 1.29 is 23.9 Å². The summed E-state index contributed by atoms with van der Waals surface area (Å²) in [5.41, 5.74) is 1.72. The second-order valence-electron chi connectivity index (χ2n) is 10.9. The highest BCUT2D eigenvalue weighted by molar-refractivity contribution is 6.16. The van der Waals surface area contributed by atoms with Gasteiger partial charge in [0.1, 0.15) is 11.9 Å². The van der Waals surface area contributed by atoms with Crippen LogP contribution >= 0.6 is 0 Å². The SMILES string of the molecule is CC(C)OC(=O)CCN1CCN(CC2CN(c3ccc(C(=N)NC(=O)c4cccc5ccccc45)cc3)C(=O)O2)CC1. The van der Waals surface area contributed by atoms with E-state index in [0.29, 0.717) is 42.9 Å². The number of hydrogen-bond acceptors (Lipinski definition) is 8. The number of carbonyl (C=O) groups is 3. The number of ether oxygens (including phenoxy) is 2. The highest BCUT2D eigenvalue weighted by atomic mass is 16.6. The number of cyclic esters (lactones) is 1. The number of nitrogens with one attached hydrogen (secondary N) is 2. The highest BCUT2D eigenvalue weighted by Crippen LogP contribution is 2.23. The van der Waals surface area contributed by atoms with E-state index < -0.39 is 6.09 Å². The second-order valence-corrected chi connectivity index (χ2v) is 10.9. The van der Waals surface area contributed by atoms with Crippen LogP contribution in [0.15, 0.2) is 66.7 Å². The van der Waals surface area contributed by atoms with Crippen LogP contribution in [0.25, 0.3) is 10.8 Å². The average Bonchev–Trinajstić information content (AvgIpc) is 3.35. The summed E-state index contributed by atoms with van der Waals surface area (Å²) in [4.78, 5) is 43.6. The third-order valence-corrected chi connectivity index (χ3v) is 7.54.